The maximum atomic E-state index is 12.5. The topological polar surface area (TPSA) is 99.1 Å². The first-order valence-corrected chi connectivity index (χ1v) is 7.23. The van der Waals surface area contributed by atoms with E-state index in [-0.39, 0.29) is 19.1 Å². The zero-order valence-corrected chi connectivity index (χ0v) is 12.2. The lowest BCUT2D eigenvalue weighted by Gasteiger charge is -2.23. The highest BCUT2D eigenvalue weighted by Crippen LogP contribution is 2.22. The van der Waals surface area contributed by atoms with E-state index in [2.05, 4.69) is 5.32 Å². The standard InChI is InChI=1S/C15H20N2O5/c18-9-10-22-12-5-3-11(4-6-12)13(16-15(20)21)14(19)17-7-1-2-8-17/h3-6,13,16,18H,1-2,7-10H2,(H,20,21)/t13-/m0/s1. The van der Waals surface area contributed by atoms with Gasteiger partial charge in [0.15, 0.2) is 0 Å². The highest BCUT2D eigenvalue weighted by atomic mass is 16.5. The van der Waals surface area contributed by atoms with Gasteiger partial charge < -0.3 is 25.2 Å². The Bertz CT molecular complexity index is 511. The number of amides is 2. The first kappa shape index (κ1) is 16.1. The van der Waals surface area contributed by atoms with E-state index in [1.165, 1.54) is 0 Å². The number of aliphatic hydroxyl groups is 1. The number of aliphatic hydroxyl groups excluding tert-OH is 1. The fourth-order valence-corrected chi connectivity index (χ4v) is 2.45. The molecule has 0 spiro atoms. The summed E-state index contributed by atoms with van der Waals surface area (Å²) in [5.74, 6) is 0.324. The van der Waals surface area contributed by atoms with Gasteiger partial charge in [-0.2, -0.15) is 0 Å². The van der Waals surface area contributed by atoms with Gasteiger partial charge in [0.25, 0.3) is 0 Å². The van der Waals surface area contributed by atoms with Crippen LogP contribution in [-0.2, 0) is 4.79 Å². The number of hydrogen-bond donors (Lipinski definition) is 3. The monoisotopic (exact) mass is 308 g/mol. The van der Waals surface area contributed by atoms with Crippen LogP contribution in [0.3, 0.4) is 0 Å². The Morgan fingerprint density at radius 3 is 2.41 bits per heavy atom. The van der Waals surface area contributed by atoms with E-state index in [4.69, 9.17) is 14.9 Å². The highest BCUT2D eigenvalue weighted by molar-refractivity contribution is 5.86. The zero-order valence-electron chi connectivity index (χ0n) is 12.2. The van der Waals surface area contributed by atoms with Crippen LogP contribution in [0, 0.1) is 0 Å². The number of rotatable bonds is 6. The van der Waals surface area contributed by atoms with Crippen LogP contribution in [0.1, 0.15) is 24.4 Å². The molecule has 0 unspecified atom stereocenters. The van der Waals surface area contributed by atoms with Crippen molar-refractivity contribution in [3.05, 3.63) is 29.8 Å². The van der Waals surface area contributed by atoms with E-state index in [0.29, 0.717) is 24.4 Å². The molecule has 1 aromatic carbocycles. The molecule has 1 aromatic rings. The summed E-state index contributed by atoms with van der Waals surface area (Å²) in [5.41, 5.74) is 0.565. The summed E-state index contributed by atoms with van der Waals surface area (Å²) >= 11 is 0. The lowest BCUT2D eigenvalue weighted by atomic mass is 10.1. The predicted octanol–water partition coefficient (Wildman–Crippen LogP) is 0.989. The lowest BCUT2D eigenvalue weighted by Crippen LogP contribution is -2.41. The van der Waals surface area contributed by atoms with Crippen LogP contribution in [0.25, 0.3) is 0 Å². The van der Waals surface area contributed by atoms with Gasteiger partial charge in [-0.15, -0.1) is 0 Å². The van der Waals surface area contributed by atoms with Crippen LogP contribution >= 0.6 is 0 Å². The highest BCUT2D eigenvalue weighted by Gasteiger charge is 2.29. The van der Waals surface area contributed by atoms with Crippen molar-refractivity contribution >= 4 is 12.0 Å². The molecular weight excluding hydrogens is 288 g/mol. The summed E-state index contributed by atoms with van der Waals surface area (Å²) < 4.78 is 5.25. The van der Waals surface area contributed by atoms with Crippen molar-refractivity contribution in [2.45, 2.75) is 18.9 Å². The van der Waals surface area contributed by atoms with Gasteiger partial charge in [-0.3, -0.25) is 4.79 Å². The smallest absolute Gasteiger partial charge is 0.405 e. The minimum atomic E-state index is -1.24. The molecule has 2 amide bonds. The summed E-state index contributed by atoms with van der Waals surface area (Å²) in [4.78, 5) is 25.1. The normalized spacial score (nSPS) is 15.4. The molecule has 1 atom stereocenters. The summed E-state index contributed by atoms with van der Waals surface area (Å²) in [7, 11) is 0. The maximum Gasteiger partial charge on any atom is 0.405 e. The second-order valence-electron chi connectivity index (χ2n) is 5.06. The number of carbonyl (C=O) groups excluding carboxylic acids is 1. The Morgan fingerprint density at radius 1 is 1.23 bits per heavy atom. The second kappa shape index (κ2) is 7.65. The van der Waals surface area contributed by atoms with Crippen molar-refractivity contribution < 1.29 is 24.5 Å². The Kier molecular flexibility index (Phi) is 5.60. The molecule has 1 saturated heterocycles. The summed E-state index contributed by atoms with van der Waals surface area (Å²) in [6.07, 6.45) is 0.650. The molecule has 2 rings (SSSR count). The molecule has 1 aliphatic heterocycles. The van der Waals surface area contributed by atoms with Gasteiger partial charge in [0.2, 0.25) is 5.91 Å². The van der Waals surface area contributed by atoms with Crippen LogP contribution < -0.4 is 10.1 Å². The number of ether oxygens (including phenoxy) is 1. The molecule has 120 valence electrons. The first-order valence-electron chi connectivity index (χ1n) is 7.23. The SMILES string of the molecule is O=C(O)N[C@H](C(=O)N1CCCC1)c1ccc(OCCO)cc1. The van der Waals surface area contributed by atoms with Crippen molar-refractivity contribution in [3.8, 4) is 5.75 Å². The number of carboxylic acid groups (broad SMARTS) is 1. The largest absolute Gasteiger partial charge is 0.491 e. The molecule has 0 saturated carbocycles. The van der Waals surface area contributed by atoms with Crippen LogP contribution in [-0.4, -0.2) is 53.4 Å². The minimum absolute atomic E-state index is 0.0849. The molecule has 0 radical (unpaired) electrons. The van der Waals surface area contributed by atoms with Crippen molar-refractivity contribution in [1.29, 1.82) is 0 Å². The molecule has 22 heavy (non-hydrogen) atoms. The lowest BCUT2D eigenvalue weighted by molar-refractivity contribution is -0.132. The number of benzene rings is 1. The molecule has 3 N–H and O–H groups in total. The number of nitrogens with one attached hydrogen (secondary N) is 1. The summed E-state index contributed by atoms with van der Waals surface area (Å²) in [5, 5.41) is 20.0. The molecule has 1 fully saturated rings. The maximum absolute atomic E-state index is 12.5. The van der Waals surface area contributed by atoms with Gasteiger partial charge in [0, 0.05) is 13.1 Å². The van der Waals surface area contributed by atoms with Crippen LogP contribution in [0.5, 0.6) is 5.75 Å². The van der Waals surface area contributed by atoms with Crippen LogP contribution in [0.2, 0.25) is 0 Å². The number of nitrogens with zero attached hydrogens (tertiary/aromatic N) is 1. The van der Waals surface area contributed by atoms with Gasteiger partial charge in [-0.1, -0.05) is 12.1 Å². The van der Waals surface area contributed by atoms with Gasteiger partial charge in [0.1, 0.15) is 18.4 Å². The average Bonchev–Trinajstić information content (AvgIpc) is 3.05. The van der Waals surface area contributed by atoms with Gasteiger partial charge >= 0.3 is 6.09 Å². The van der Waals surface area contributed by atoms with E-state index in [0.717, 1.165) is 12.8 Å². The summed E-state index contributed by atoms with van der Waals surface area (Å²) in [6.45, 7) is 1.42. The molecule has 1 aliphatic rings. The second-order valence-corrected chi connectivity index (χ2v) is 5.06. The van der Waals surface area contributed by atoms with Crippen molar-refractivity contribution in [2.24, 2.45) is 0 Å². The van der Waals surface area contributed by atoms with E-state index in [9.17, 15) is 9.59 Å². The molecule has 0 aliphatic carbocycles. The van der Waals surface area contributed by atoms with Crippen molar-refractivity contribution in [2.75, 3.05) is 26.3 Å². The third-order valence-corrected chi connectivity index (χ3v) is 3.51. The van der Waals surface area contributed by atoms with Crippen LogP contribution in [0.4, 0.5) is 4.79 Å². The van der Waals surface area contributed by atoms with E-state index >= 15 is 0 Å². The zero-order chi connectivity index (χ0) is 15.9. The molecule has 0 bridgehead atoms. The third-order valence-electron chi connectivity index (χ3n) is 3.51. The Balaban J connectivity index is 2.13. The molecular formula is C15H20N2O5. The Labute approximate surface area is 128 Å². The third kappa shape index (κ3) is 4.11. The molecule has 7 heteroatoms. The fraction of sp³-hybridized carbons (Fsp3) is 0.467. The van der Waals surface area contributed by atoms with Gasteiger partial charge in [-0.05, 0) is 30.5 Å². The minimum Gasteiger partial charge on any atom is -0.491 e. The number of carbonyl (C=O) groups is 2. The fourth-order valence-electron chi connectivity index (χ4n) is 2.45. The van der Waals surface area contributed by atoms with Gasteiger partial charge in [-0.25, -0.2) is 4.79 Å². The van der Waals surface area contributed by atoms with Crippen molar-refractivity contribution in [3.63, 3.8) is 0 Å². The first-order chi connectivity index (χ1) is 10.6. The van der Waals surface area contributed by atoms with Crippen molar-refractivity contribution in [1.82, 2.24) is 10.2 Å². The van der Waals surface area contributed by atoms with Gasteiger partial charge in [0.05, 0.1) is 6.61 Å². The summed E-state index contributed by atoms with van der Waals surface area (Å²) in [6, 6.07) is 5.70. The number of likely N-dealkylation sites (tertiary alicyclic amines) is 1. The Morgan fingerprint density at radius 2 is 1.86 bits per heavy atom. The van der Waals surface area contributed by atoms with Crippen LogP contribution in [0.15, 0.2) is 24.3 Å². The average molecular weight is 308 g/mol. The van der Waals surface area contributed by atoms with E-state index < -0.39 is 12.1 Å². The molecule has 0 aromatic heterocycles. The number of hydrogen-bond acceptors (Lipinski definition) is 4. The molecule has 7 nitrogen and oxygen atoms in total. The van der Waals surface area contributed by atoms with E-state index in [1.54, 1.807) is 29.2 Å². The quantitative estimate of drug-likeness (QED) is 0.728. The predicted molar refractivity (Wildman–Crippen MR) is 78.7 cm³/mol. The van der Waals surface area contributed by atoms with E-state index in [1.807, 2.05) is 0 Å². The molecule has 1 heterocycles. The Hall–Kier alpha value is -2.28.